The lowest BCUT2D eigenvalue weighted by atomic mass is 10.4. The van der Waals surface area contributed by atoms with Crippen LogP contribution < -0.4 is 0 Å². The van der Waals surface area contributed by atoms with Crippen LogP contribution in [0, 0.1) is 0 Å². The average molecular weight is 451 g/mol. The van der Waals surface area contributed by atoms with Crippen molar-refractivity contribution < 1.29 is 8.95 Å². The minimum Gasteiger partial charge on any atom is -0.379 e. The first-order valence-corrected chi connectivity index (χ1v) is 14.2. The second kappa shape index (κ2) is 15.9. The highest BCUT2D eigenvalue weighted by Gasteiger charge is 2.13. The molecule has 0 aromatic heterocycles. The van der Waals surface area contributed by atoms with E-state index in [1.54, 1.807) is 0 Å². The van der Waals surface area contributed by atoms with E-state index in [4.69, 9.17) is 4.74 Å². The monoisotopic (exact) mass is 450 g/mol. The second-order valence-corrected chi connectivity index (χ2v) is 12.5. The fourth-order valence-corrected chi connectivity index (χ4v) is 5.62. The van der Waals surface area contributed by atoms with E-state index in [2.05, 4.69) is 65.4 Å². The van der Waals surface area contributed by atoms with Gasteiger partial charge in [0.1, 0.15) is 0 Å². The number of hydrogen-bond acceptors (Lipinski definition) is 7. The van der Waals surface area contributed by atoms with Crippen LogP contribution >= 0.6 is 11.8 Å². The Kier molecular flexibility index (Phi) is 14.9. The maximum Gasteiger partial charge on any atom is 0.0594 e. The van der Waals surface area contributed by atoms with E-state index < -0.39 is 9.52 Å². The molecule has 0 unspecified atom stereocenters. The molecule has 0 aliphatic carbocycles. The number of thioether (sulfide) groups is 1. The van der Waals surface area contributed by atoms with Crippen molar-refractivity contribution in [3.05, 3.63) is 0 Å². The summed E-state index contributed by atoms with van der Waals surface area (Å²) >= 11 is 2.06. The lowest BCUT2D eigenvalue weighted by Gasteiger charge is -2.24. The van der Waals surface area contributed by atoms with Crippen LogP contribution in [-0.2, 0) is 14.3 Å². The van der Waals surface area contributed by atoms with Crippen LogP contribution in [0.2, 0.25) is 0 Å². The summed E-state index contributed by atoms with van der Waals surface area (Å²) in [6.45, 7) is 11.1. The third kappa shape index (κ3) is 15.6. The van der Waals surface area contributed by atoms with Gasteiger partial charge in [-0.15, -0.1) is 0 Å². The fraction of sp³-hybridized carbons (Fsp3) is 0.952. The summed E-state index contributed by atoms with van der Waals surface area (Å²) in [6, 6.07) is 0. The van der Waals surface area contributed by atoms with Gasteiger partial charge in [0.15, 0.2) is 0 Å². The first-order valence-electron chi connectivity index (χ1n) is 11.0. The van der Waals surface area contributed by atoms with Crippen molar-refractivity contribution in [1.29, 1.82) is 0 Å². The van der Waals surface area contributed by atoms with Crippen molar-refractivity contribution in [2.75, 3.05) is 117 Å². The summed E-state index contributed by atoms with van der Waals surface area (Å²) < 4.78 is 16.3. The predicted octanol–water partition coefficient (Wildman–Crippen LogP) is 0.974. The number of nitrogens with zero attached hydrogens (tertiary/aromatic N) is 4. The Labute approximate surface area is 185 Å². The van der Waals surface area contributed by atoms with E-state index in [-0.39, 0.29) is 0 Å². The SMILES string of the molecule is C=S1(=O)CCN(C)CC1.CN1CCCC1.CN1CCOCC1.CN1CCSCC1. The van der Waals surface area contributed by atoms with Crippen molar-refractivity contribution in [1.82, 2.24) is 19.6 Å². The quantitative estimate of drug-likeness (QED) is 0.509. The number of likely N-dealkylation sites (tertiary alicyclic amines) is 1. The Morgan fingerprint density at radius 3 is 1.38 bits per heavy atom. The molecule has 4 aliphatic heterocycles. The summed E-state index contributed by atoms with van der Waals surface area (Å²) in [5.41, 5.74) is 0. The molecule has 0 bridgehead atoms. The molecule has 6 nitrogen and oxygen atoms in total. The molecule has 4 fully saturated rings. The number of morpholine rings is 1. The van der Waals surface area contributed by atoms with Gasteiger partial charge in [-0.2, -0.15) is 11.8 Å². The molecule has 4 rings (SSSR count). The van der Waals surface area contributed by atoms with Crippen LogP contribution in [0.3, 0.4) is 0 Å². The molecule has 0 N–H and O–H groups in total. The molecule has 29 heavy (non-hydrogen) atoms. The third-order valence-corrected chi connectivity index (χ3v) is 8.28. The first kappa shape index (κ1) is 27.2. The molecule has 0 atom stereocenters. The normalized spacial score (nSPS) is 26.2. The van der Waals surface area contributed by atoms with Crippen LogP contribution in [0.5, 0.6) is 0 Å². The second-order valence-electron chi connectivity index (χ2n) is 8.52. The molecule has 4 aliphatic rings. The van der Waals surface area contributed by atoms with Crippen molar-refractivity contribution in [2.24, 2.45) is 0 Å². The Morgan fingerprint density at radius 2 is 1.10 bits per heavy atom. The van der Waals surface area contributed by atoms with Crippen molar-refractivity contribution in [3.8, 4) is 0 Å². The van der Waals surface area contributed by atoms with Gasteiger partial charge in [0.25, 0.3) is 0 Å². The Hall–Kier alpha value is 0.170. The summed E-state index contributed by atoms with van der Waals surface area (Å²) in [4.78, 5) is 9.19. The van der Waals surface area contributed by atoms with Crippen LogP contribution in [0.25, 0.3) is 0 Å². The van der Waals surface area contributed by atoms with Crippen molar-refractivity contribution in [3.63, 3.8) is 0 Å². The molecule has 4 saturated heterocycles. The molecular weight excluding hydrogens is 404 g/mol. The van der Waals surface area contributed by atoms with Crippen LogP contribution in [0.15, 0.2) is 0 Å². The van der Waals surface area contributed by atoms with Gasteiger partial charge in [0.05, 0.1) is 13.2 Å². The number of rotatable bonds is 0. The van der Waals surface area contributed by atoms with Crippen molar-refractivity contribution in [2.45, 2.75) is 12.8 Å². The van der Waals surface area contributed by atoms with Gasteiger partial charge in [-0.1, -0.05) is 0 Å². The van der Waals surface area contributed by atoms with E-state index in [0.29, 0.717) is 0 Å². The van der Waals surface area contributed by atoms with Gasteiger partial charge >= 0.3 is 0 Å². The molecule has 4 heterocycles. The fourth-order valence-electron chi connectivity index (χ4n) is 3.04. The zero-order valence-corrected chi connectivity index (χ0v) is 21.1. The van der Waals surface area contributed by atoms with Gasteiger partial charge in [0.2, 0.25) is 0 Å². The van der Waals surface area contributed by atoms with E-state index in [0.717, 1.165) is 50.9 Å². The van der Waals surface area contributed by atoms with E-state index in [1.165, 1.54) is 50.5 Å². The molecule has 0 spiro atoms. The topological polar surface area (TPSA) is 39.3 Å². The molecule has 0 aromatic carbocycles. The Balaban J connectivity index is 0.000000195. The predicted molar refractivity (Wildman–Crippen MR) is 132 cm³/mol. The van der Waals surface area contributed by atoms with Gasteiger partial charge in [-0.05, 0) is 69.5 Å². The Bertz CT molecular complexity index is 457. The molecular formula is C21H46N4O2S2. The largest absolute Gasteiger partial charge is 0.379 e. The van der Waals surface area contributed by atoms with Crippen molar-refractivity contribution >= 4 is 27.2 Å². The highest BCUT2D eigenvalue weighted by atomic mass is 32.2. The van der Waals surface area contributed by atoms with E-state index >= 15 is 0 Å². The summed E-state index contributed by atoms with van der Waals surface area (Å²) in [5, 5.41) is 0. The molecule has 0 radical (unpaired) electrons. The standard InChI is InChI=1S/C6H13NOS.C5H11NO.C5H11NS.C5H11N/c1-7-3-5-9(2,8)6-4-7;2*1-6-2-4-7-5-3-6;1-6-4-2-3-5-6/h2-6H2,1H3;2*2-5H2,1H3;2-5H2,1H3. The maximum absolute atomic E-state index is 11.2. The lowest BCUT2D eigenvalue weighted by molar-refractivity contribution is 0.0503. The summed E-state index contributed by atoms with van der Waals surface area (Å²) in [5.74, 6) is 7.89. The Morgan fingerprint density at radius 1 is 0.690 bits per heavy atom. The molecule has 0 saturated carbocycles. The average Bonchev–Trinajstić information content (AvgIpc) is 3.18. The van der Waals surface area contributed by atoms with Gasteiger partial charge < -0.3 is 24.3 Å². The van der Waals surface area contributed by atoms with Gasteiger partial charge in [0, 0.05) is 62.3 Å². The van der Waals surface area contributed by atoms with Gasteiger partial charge in [-0.3, -0.25) is 4.21 Å². The highest BCUT2D eigenvalue weighted by Crippen LogP contribution is 2.05. The summed E-state index contributed by atoms with van der Waals surface area (Å²) in [7, 11) is 6.86. The number of ether oxygens (including phenoxy) is 1. The third-order valence-electron chi connectivity index (χ3n) is 5.49. The molecule has 0 amide bonds. The highest BCUT2D eigenvalue weighted by molar-refractivity contribution is 8.00. The van der Waals surface area contributed by atoms with E-state index in [9.17, 15) is 4.21 Å². The first-order chi connectivity index (χ1) is 13.8. The number of likely N-dealkylation sites (N-methyl/N-ethyl adjacent to an activating group) is 1. The number of hydrogen-bond donors (Lipinski definition) is 0. The van der Waals surface area contributed by atoms with Crippen LogP contribution in [-0.4, -0.2) is 146 Å². The minimum atomic E-state index is -1.66. The van der Waals surface area contributed by atoms with E-state index in [1.807, 2.05) is 0 Å². The zero-order chi connectivity index (χ0) is 21.5. The minimum absolute atomic E-state index is 0.781. The zero-order valence-electron chi connectivity index (χ0n) is 19.4. The molecule has 0 aromatic rings. The van der Waals surface area contributed by atoms with Gasteiger partial charge in [-0.25, -0.2) is 0 Å². The smallest absolute Gasteiger partial charge is 0.0594 e. The van der Waals surface area contributed by atoms with Crippen LogP contribution in [0.4, 0.5) is 0 Å². The maximum atomic E-state index is 11.2. The molecule has 8 heteroatoms. The van der Waals surface area contributed by atoms with Crippen LogP contribution in [0.1, 0.15) is 12.8 Å². The summed E-state index contributed by atoms with van der Waals surface area (Å²) in [6.07, 6.45) is 2.83. The lowest BCUT2D eigenvalue weighted by Crippen LogP contribution is -2.37. The molecule has 174 valence electrons.